The van der Waals surface area contributed by atoms with Crippen LogP contribution in [-0.4, -0.2) is 17.8 Å². The van der Waals surface area contributed by atoms with Gasteiger partial charge in [-0.25, -0.2) is 0 Å². The second kappa shape index (κ2) is 7.24. The molecule has 3 N–H and O–H groups in total. The van der Waals surface area contributed by atoms with E-state index in [1.807, 2.05) is 0 Å². The first-order chi connectivity index (χ1) is 6.47. The monoisotopic (exact) mass is 201 g/mol. The molecule has 0 fully saturated rings. The van der Waals surface area contributed by atoms with Crippen LogP contribution in [-0.2, 0) is 0 Å². The average Bonchev–Trinajstić information content (AvgIpc) is 2.09. The van der Waals surface area contributed by atoms with Crippen LogP contribution in [0.2, 0.25) is 0 Å². The molecule has 0 aliphatic heterocycles. The molecule has 0 rings (SSSR count). The summed E-state index contributed by atoms with van der Waals surface area (Å²) in [5.74, 6) is 1.58. The van der Waals surface area contributed by atoms with E-state index in [0.29, 0.717) is 18.4 Å². The molecular formula is C12H27NO. The minimum absolute atomic E-state index is 0.204. The summed E-state index contributed by atoms with van der Waals surface area (Å²) in [5.41, 5.74) is 5.67. The average molecular weight is 201 g/mol. The zero-order chi connectivity index (χ0) is 11.1. The van der Waals surface area contributed by atoms with Gasteiger partial charge in [0.2, 0.25) is 0 Å². The maximum absolute atomic E-state index is 9.93. The lowest BCUT2D eigenvalue weighted by molar-refractivity contribution is 0.0855. The molecule has 14 heavy (non-hydrogen) atoms. The molecule has 0 spiro atoms. The fraction of sp³-hybridized carbons (Fsp3) is 1.00. The van der Waals surface area contributed by atoms with E-state index in [4.69, 9.17) is 5.73 Å². The van der Waals surface area contributed by atoms with Crippen LogP contribution >= 0.6 is 0 Å². The lowest BCUT2D eigenvalue weighted by atomic mass is 9.89. The van der Waals surface area contributed by atoms with Gasteiger partial charge in [0.1, 0.15) is 0 Å². The molecule has 0 aromatic rings. The Hall–Kier alpha value is -0.0800. The zero-order valence-corrected chi connectivity index (χ0v) is 10.2. The van der Waals surface area contributed by atoms with Crippen molar-refractivity contribution in [3.63, 3.8) is 0 Å². The highest BCUT2D eigenvalue weighted by atomic mass is 16.3. The molecule has 0 aliphatic rings. The number of hydrogen-bond acceptors (Lipinski definition) is 2. The van der Waals surface area contributed by atoms with Crippen LogP contribution in [0.5, 0.6) is 0 Å². The number of nitrogens with two attached hydrogens (primary N) is 1. The van der Waals surface area contributed by atoms with Crippen molar-refractivity contribution in [1.29, 1.82) is 0 Å². The maximum atomic E-state index is 9.93. The largest absolute Gasteiger partial charge is 0.393 e. The summed E-state index contributed by atoms with van der Waals surface area (Å²) >= 11 is 0. The predicted octanol–water partition coefficient (Wildman–Crippen LogP) is 2.40. The van der Waals surface area contributed by atoms with E-state index in [0.717, 1.165) is 19.3 Å². The molecule has 0 aliphatic carbocycles. The van der Waals surface area contributed by atoms with Gasteiger partial charge in [-0.3, -0.25) is 0 Å². The Labute approximate surface area is 88.9 Å². The van der Waals surface area contributed by atoms with Crippen LogP contribution in [0, 0.1) is 17.8 Å². The van der Waals surface area contributed by atoms with E-state index in [-0.39, 0.29) is 12.0 Å². The van der Waals surface area contributed by atoms with Gasteiger partial charge in [0, 0.05) is 0 Å². The predicted molar refractivity (Wildman–Crippen MR) is 62.1 cm³/mol. The van der Waals surface area contributed by atoms with E-state index in [1.165, 1.54) is 0 Å². The van der Waals surface area contributed by atoms with Crippen molar-refractivity contribution in [3.05, 3.63) is 0 Å². The molecule has 0 saturated heterocycles. The van der Waals surface area contributed by atoms with Gasteiger partial charge in [0.15, 0.2) is 0 Å². The van der Waals surface area contributed by atoms with Gasteiger partial charge < -0.3 is 10.8 Å². The van der Waals surface area contributed by atoms with Crippen LogP contribution < -0.4 is 5.73 Å². The molecule has 0 saturated carbocycles. The summed E-state index contributed by atoms with van der Waals surface area (Å²) in [5, 5.41) is 9.93. The van der Waals surface area contributed by atoms with E-state index >= 15 is 0 Å². The Morgan fingerprint density at radius 3 is 1.93 bits per heavy atom. The quantitative estimate of drug-likeness (QED) is 0.664. The van der Waals surface area contributed by atoms with Crippen LogP contribution in [0.15, 0.2) is 0 Å². The van der Waals surface area contributed by atoms with Crippen LogP contribution in [0.4, 0.5) is 0 Å². The Kier molecular flexibility index (Phi) is 7.20. The van der Waals surface area contributed by atoms with Crippen LogP contribution in [0.1, 0.15) is 47.0 Å². The standard InChI is InChI=1S/C12H27NO/c1-9(2)5-6-12(14)11(8-13)7-10(3)4/h9-12,14H,5-8,13H2,1-4H3. The zero-order valence-electron chi connectivity index (χ0n) is 10.2. The molecule has 2 nitrogen and oxygen atoms in total. The number of aliphatic hydroxyl groups is 1. The van der Waals surface area contributed by atoms with Gasteiger partial charge >= 0.3 is 0 Å². The van der Waals surface area contributed by atoms with Crippen molar-refractivity contribution in [2.24, 2.45) is 23.5 Å². The van der Waals surface area contributed by atoms with Gasteiger partial charge in [-0.2, -0.15) is 0 Å². The molecule has 0 amide bonds. The first-order valence-corrected chi connectivity index (χ1v) is 5.85. The normalized spacial score (nSPS) is 16.3. The van der Waals surface area contributed by atoms with E-state index in [9.17, 15) is 5.11 Å². The van der Waals surface area contributed by atoms with Gasteiger partial charge in [0.25, 0.3) is 0 Å². The summed E-state index contributed by atoms with van der Waals surface area (Å²) in [4.78, 5) is 0. The second-order valence-corrected chi connectivity index (χ2v) is 5.16. The summed E-state index contributed by atoms with van der Waals surface area (Å²) in [7, 11) is 0. The molecule has 0 aromatic heterocycles. The van der Waals surface area contributed by atoms with Gasteiger partial charge in [-0.05, 0) is 43.6 Å². The Morgan fingerprint density at radius 1 is 1.00 bits per heavy atom. The summed E-state index contributed by atoms with van der Waals surface area (Å²) in [6, 6.07) is 0. The highest BCUT2D eigenvalue weighted by Gasteiger charge is 2.18. The van der Waals surface area contributed by atoms with Crippen molar-refractivity contribution in [1.82, 2.24) is 0 Å². The highest BCUT2D eigenvalue weighted by Crippen LogP contribution is 2.19. The van der Waals surface area contributed by atoms with Crippen LogP contribution in [0.25, 0.3) is 0 Å². The lowest BCUT2D eigenvalue weighted by Gasteiger charge is -2.23. The van der Waals surface area contributed by atoms with Crippen molar-refractivity contribution in [2.45, 2.75) is 53.1 Å². The van der Waals surface area contributed by atoms with Crippen molar-refractivity contribution < 1.29 is 5.11 Å². The second-order valence-electron chi connectivity index (χ2n) is 5.16. The molecule has 2 unspecified atom stereocenters. The van der Waals surface area contributed by atoms with Gasteiger partial charge in [0.05, 0.1) is 6.10 Å². The lowest BCUT2D eigenvalue weighted by Crippen LogP contribution is -2.29. The fourth-order valence-electron chi connectivity index (χ4n) is 1.76. The molecule has 0 radical (unpaired) electrons. The molecular weight excluding hydrogens is 174 g/mol. The summed E-state index contributed by atoms with van der Waals surface area (Å²) in [6.07, 6.45) is 2.82. The fourth-order valence-corrected chi connectivity index (χ4v) is 1.76. The van der Waals surface area contributed by atoms with E-state index < -0.39 is 0 Å². The SMILES string of the molecule is CC(C)CCC(O)C(CN)CC(C)C. The molecule has 2 atom stereocenters. The maximum Gasteiger partial charge on any atom is 0.0580 e. The third kappa shape index (κ3) is 6.39. The number of aliphatic hydroxyl groups excluding tert-OH is 1. The van der Waals surface area contributed by atoms with E-state index in [2.05, 4.69) is 27.7 Å². The van der Waals surface area contributed by atoms with Crippen molar-refractivity contribution in [3.8, 4) is 0 Å². The topological polar surface area (TPSA) is 46.2 Å². The van der Waals surface area contributed by atoms with Gasteiger partial charge in [-0.1, -0.05) is 27.7 Å². The molecule has 86 valence electrons. The Morgan fingerprint density at radius 2 is 1.57 bits per heavy atom. The molecule has 0 aromatic carbocycles. The smallest absolute Gasteiger partial charge is 0.0580 e. The third-order valence-electron chi connectivity index (χ3n) is 2.66. The number of hydrogen-bond donors (Lipinski definition) is 2. The van der Waals surface area contributed by atoms with Crippen LogP contribution in [0.3, 0.4) is 0 Å². The first kappa shape index (κ1) is 13.9. The Bertz CT molecular complexity index is 134. The summed E-state index contributed by atoms with van der Waals surface area (Å²) in [6.45, 7) is 9.34. The van der Waals surface area contributed by atoms with Gasteiger partial charge in [-0.15, -0.1) is 0 Å². The molecule has 0 heterocycles. The molecule has 2 heteroatoms. The highest BCUT2D eigenvalue weighted by molar-refractivity contribution is 4.71. The van der Waals surface area contributed by atoms with Crippen molar-refractivity contribution >= 4 is 0 Å². The Balaban J connectivity index is 3.84. The third-order valence-corrected chi connectivity index (χ3v) is 2.66. The molecule has 0 bridgehead atoms. The summed E-state index contributed by atoms with van der Waals surface area (Å²) < 4.78 is 0. The first-order valence-electron chi connectivity index (χ1n) is 5.85. The van der Waals surface area contributed by atoms with E-state index in [1.54, 1.807) is 0 Å². The van der Waals surface area contributed by atoms with Crippen molar-refractivity contribution in [2.75, 3.05) is 6.54 Å². The minimum Gasteiger partial charge on any atom is -0.393 e. The number of rotatable bonds is 7. The minimum atomic E-state index is -0.204.